The van der Waals surface area contributed by atoms with Crippen LogP contribution in [0.25, 0.3) is 0 Å². The second kappa shape index (κ2) is 6.27. The van der Waals surface area contributed by atoms with Gasteiger partial charge in [-0.2, -0.15) is 0 Å². The number of anilines is 1. The van der Waals surface area contributed by atoms with E-state index in [9.17, 15) is 0 Å². The van der Waals surface area contributed by atoms with Crippen LogP contribution >= 0.6 is 27.5 Å². The lowest BCUT2D eigenvalue weighted by Gasteiger charge is -2.36. The van der Waals surface area contributed by atoms with E-state index in [2.05, 4.69) is 58.0 Å². The molecule has 0 N–H and O–H groups in total. The van der Waals surface area contributed by atoms with E-state index in [4.69, 9.17) is 11.6 Å². The highest BCUT2D eigenvalue weighted by atomic mass is 79.9. The third-order valence-electron chi connectivity index (χ3n) is 3.78. The van der Waals surface area contributed by atoms with Gasteiger partial charge < -0.3 is 9.80 Å². The molecule has 0 bridgehead atoms. The topological polar surface area (TPSA) is 6.48 Å². The quantitative estimate of drug-likeness (QED) is 0.778. The molecule has 1 fully saturated rings. The first-order valence-electron chi connectivity index (χ1n) is 6.37. The number of likely N-dealkylation sites (tertiary alicyclic amines) is 1. The number of piperidine rings is 1. The van der Waals surface area contributed by atoms with Gasteiger partial charge in [-0.15, -0.1) is 0 Å². The van der Waals surface area contributed by atoms with Crippen molar-refractivity contribution in [1.82, 2.24) is 4.90 Å². The van der Waals surface area contributed by atoms with E-state index in [0.29, 0.717) is 6.04 Å². The van der Waals surface area contributed by atoms with Crippen molar-refractivity contribution in [2.24, 2.45) is 0 Å². The fourth-order valence-corrected chi connectivity index (χ4v) is 3.18. The van der Waals surface area contributed by atoms with Gasteiger partial charge >= 0.3 is 0 Å². The zero-order valence-electron chi connectivity index (χ0n) is 11.0. The van der Waals surface area contributed by atoms with Gasteiger partial charge in [0.1, 0.15) is 0 Å². The van der Waals surface area contributed by atoms with E-state index in [0.717, 1.165) is 16.0 Å². The van der Waals surface area contributed by atoms with Crippen LogP contribution in [-0.4, -0.2) is 38.1 Å². The molecule has 2 nitrogen and oxygen atoms in total. The van der Waals surface area contributed by atoms with Gasteiger partial charge in [-0.05, 0) is 50.7 Å². The summed E-state index contributed by atoms with van der Waals surface area (Å²) >= 11 is 9.84. The van der Waals surface area contributed by atoms with Gasteiger partial charge in [0.2, 0.25) is 0 Å². The lowest BCUT2D eigenvalue weighted by atomic mass is 10.0. The summed E-state index contributed by atoms with van der Waals surface area (Å²) in [5, 5.41) is 1.71. The molecule has 0 saturated carbocycles. The van der Waals surface area contributed by atoms with Crippen LogP contribution in [0.5, 0.6) is 0 Å². The molecule has 0 amide bonds. The van der Waals surface area contributed by atoms with Crippen molar-refractivity contribution in [1.29, 1.82) is 0 Å². The molecule has 1 aromatic carbocycles. The lowest BCUT2D eigenvalue weighted by Crippen LogP contribution is -2.42. The van der Waals surface area contributed by atoms with Crippen molar-refractivity contribution in [3.8, 4) is 0 Å². The molecule has 0 spiro atoms. The maximum Gasteiger partial charge on any atom is 0.0642 e. The van der Waals surface area contributed by atoms with Crippen molar-refractivity contribution in [2.45, 2.75) is 24.2 Å². The van der Waals surface area contributed by atoms with Crippen molar-refractivity contribution in [3.05, 3.63) is 28.8 Å². The first-order valence-corrected chi connectivity index (χ1v) is 7.87. The first kappa shape index (κ1) is 14.2. The Kier molecular flexibility index (Phi) is 4.93. The molecule has 0 radical (unpaired) electrons. The van der Waals surface area contributed by atoms with Crippen LogP contribution < -0.4 is 4.90 Å². The SMILES string of the molecule is CN1CCC(N(C)c2ccc(CBr)cc2Cl)CC1. The molecule has 1 aromatic rings. The number of nitrogens with zero attached hydrogens (tertiary/aromatic N) is 2. The van der Waals surface area contributed by atoms with Crippen molar-refractivity contribution >= 4 is 33.2 Å². The number of benzene rings is 1. The van der Waals surface area contributed by atoms with Gasteiger partial charge in [-0.3, -0.25) is 0 Å². The predicted molar refractivity (Wildman–Crippen MR) is 83.0 cm³/mol. The highest BCUT2D eigenvalue weighted by Crippen LogP contribution is 2.30. The largest absolute Gasteiger partial charge is 0.370 e. The highest BCUT2D eigenvalue weighted by Gasteiger charge is 2.21. The summed E-state index contributed by atoms with van der Waals surface area (Å²) in [4.78, 5) is 4.73. The summed E-state index contributed by atoms with van der Waals surface area (Å²) in [6.07, 6.45) is 2.42. The van der Waals surface area contributed by atoms with Gasteiger partial charge in [0.15, 0.2) is 0 Å². The monoisotopic (exact) mass is 330 g/mol. The Labute approximate surface area is 123 Å². The molecule has 2 rings (SSSR count). The van der Waals surface area contributed by atoms with Crippen LogP contribution in [0.2, 0.25) is 5.02 Å². The van der Waals surface area contributed by atoms with E-state index in [1.165, 1.54) is 31.5 Å². The number of rotatable bonds is 3. The van der Waals surface area contributed by atoms with E-state index in [1.807, 2.05) is 0 Å². The summed E-state index contributed by atoms with van der Waals surface area (Å²) in [6, 6.07) is 6.93. The summed E-state index contributed by atoms with van der Waals surface area (Å²) < 4.78 is 0. The van der Waals surface area contributed by atoms with Crippen LogP contribution in [0, 0.1) is 0 Å². The molecule has 0 unspecified atom stereocenters. The molecule has 4 heteroatoms. The average molecular weight is 332 g/mol. The van der Waals surface area contributed by atoms with Crippen LogP contribution in [0.15, 0.2) is 18.2 Å². The number of hydrogen-bond acceptors (Lipinski definition) is 2. The average Bonchev–Trinajstić information content (AvgIpc) is 2.38. The third-order valence-corrected chi connectivity index (χ3v) is 4.73. The lowest BCUT2D eigenvalue weighted by molar-refractivity contribution is 0.253. The molecule has 0 aliphatic carbocycles. The smallest absolute Gasteiger partial charge is 0.0642 e. The fraction of sp³-hybridized carbons (Fsp3) is 0.571. The molecule has 1 aliphatic heterocycles. The van der Waals surface area contributed by atoms with E-state index in [-0.39, 0.29) is 0 Å². The Morgan fingerprint density at radius 1 is 1.39 bits per heavy atom. The molecule has 1 heterocycles. The normalized spacial score (nSPS) is 18.0. The maximum atomic E-state index is 6.38. The van der Waals surface area contributed by atoms with Gasteiger partial charge in [0, 0.05) is 18.4 Å². The molecule has 100 valence electrons. The van der Waals surface area contributed by atoms with Gasteiger partial charge in [-0.1, -0.05) is 33.6 Å². The molecular weight excluding hydrogens is 312 g/mol. The second-order valence-electron chi connectivity index (χ2n) is 5.06. The minimum Gasteiger partial charge on any atom is -0.370 e. The Morgan fingerprint density at radius 2 is 2.06 bits per heavy atom. The van der Waals surface area contributed by atoms with Crippen LogP contribution in [0.1, 0.15) is 18.4 Å². The molecule has 1 aliphatic rings. The molecule has 18 heavy (non-hydrogen) atoms. The molecular formula is C14H20BrClN2. The summed E-state index contributed by atoms with van der Waals surface area (Å²) in [7, 11) is 4.35. The highest BCUT2D eigenvalue weighted by molar-refractivity contribution is 9.08. The predicted octanol–water partition coefficient (Wildman–Crippen LogP) is 3.77. The Morgan fingerprint density at radius 3 is 2.61 bits per heavy atom. The van der Waals surface area contributed by atoms with E-state index in [1.54, 1.807) is 0 Å². The van der Waals surface area contributed by atoms with Gasteiger partial charge in [0.25, 0.3) is 0 Å². The summed E-state index contributed by atoms with van der Waals surface area (Å²) in [5.41, 5.74) is 2.37. The van der Waals surface area contributed by atoms with Crippen LogP contribution in [-0.2, 0) is 5.33 Å². The van der Waals surface area contributed by atoms with Gasteiger partial charge in [0.05, 0.1) is 10.7 Å². The molecule has 1 saturated heterocycles. The number of hydrogen-bond donors (Lipinski definition) is 0. The first-order chi connectivity index (χ1) is 8.61. The third kappa shape index (κ3) is 3.19. The number of halogens is 2. The molecule has 0 aromatic heterocycles. The minimum absolute atomic E-state index is 0.605. The van der Waals surface area contributed by atoms with E-state index < -0.39 is 0 Å². The Hall–Kier alpha value is -0.250. The van der Waals surface area contributed by atoms with Gasteiger partial charge in [-0.25, -0.2) is 0 Å². The molecule has 0 atom stereocenters. The summed E-state index contributed by atoms with van der Waals surface area (Å²) in [6.45, 7) is 2.35. The second-order valence-corrected chi connectivity index (χ2v) is 6.03. The zero-order chi connectivity index (χ0) is 13.1. The standard InChI is InChI=1S/C14H20BrClN2/c1-17-7-5-12(6-8-17)18(2)14-4-3-11(10-15)9-13(14)16/h3-4,9,12H,5-8,10H2,1-2H3. The van der Waals surface area contributed by atoms with Crippen molar-refractivity contribution in [3.63, 3.8) is 0 Å². The fourth-order valence-electron chi connectivity index (χ4n) is 2.50. The van der Waals surface area contributed by atoms with E-state index >= 15 is 0 Å². The maximum absolute atomic E-state index is 6.38. The Bertz CT molecular complexity index is 403. The van der Waals surface area contributed by atoms with Crippen LogP contribution in [0.3, 0.4) is 0 Å². The zero-order valence-corrected chi connectivity index (χ0v) is 13.3. The Balaban J connectivity index is 2.11. The van der Waals surface area contributed by atoms with Crippen molar-refractivity contribution < 1.29 is 0 Å². The number of alkyl halides is 1. The summed E-state index contributed by atoms with van der Waals surface area (Å²) in [5.74, 6) is 0. The minimum atomic E-state index is 0.605. The van der Waals surface area contributed by atoms with Crippen LogP contribution in [0.4, 0.5) is 5.69 Å². The van der Waals surface area contributed by atoms with Crippen molar-refractivity contribution in [2.75, 3.05) is 32.1 Å².